The van der Waals surface area contributed by atoms with Gasteiger partial charge in [0.05, 0.1) is 12.7 Å². The number of benzene rings is 1. The number of aliphatic carboxylic acids is 1. The number of amides is 1. The largest absolute Gasteiger partial charge is 0.496 e. The van der Waals surface area contributed by atoms with Gasteiger partial charge in [0.25, 0.3) is 5.91 Å². The molecule has 2 rings (SSSR count). The second-order valence-corrected chi connectivity index (χ2v) is 5.54. The molecule has 1 amide bonds. The van der Waals surface area contributed by atoms with E-state index in [4.69, 9.17) is 9.84 Å². The molecular formula is C16H20FNO4. The zero-order valence-corrected chi connectivity index (χ0v) is 12.5. The fraction of sp³-hybridized carbons (Fsp3) is 0.500. The molecule has 120 valence electrons. The van der Waals surface area contributed by atoms with E-state index < -0.39 is 11.8 Å². The third-order valence-corrected chi connectivity index (χ3v) is 3.96. The van der Waals surface area contributed by atoms with Gasteiger partial charge < -0.3 is 14.7 Å². The fourth-order valence-electron chi connectivity index (χ4n) is 2.83. The number of halogens is 1. The Bertz CT molecular complexity index is 561. The highest BCUT2D eigenvalue weighted by Gasteiger charge is 2.26. The van der Waals surface area contributed by atoms with Crippen molar-refractivity contribution in [3.8, 4) is 5.75 Å². The zero-order valence-electron chi connectivity index (χ0n) is 12.5. The van der Waals surface area contributed by atoms with Crippen LogP contribution in [0.5, 0.6) is 5.75 Å². The molecule has 0 bridgehead atoms. The average Bonchev–Trinajstić information content (AvgIpc) is 2.52. The van der Waals surface area contributed by atoms with Gasteiger partial charge in [0.2, 0.25) is 0 Å². The maximum absolute atomic E-state index is 13.4. The van der Waals surface area contributed by atoms with Crippen LogP contribution in [-0.4, -0.2) is 42.1 Å². The molecular weight excluding hydrogens is 289 g/mol. The van der Waals surface area contributed by atoms with E-state index in [9.17, 15) is 14.0 Å². The molecule has 1 unspecified atom stereocenters. The summed E-state index contributed by atoms with van der Waals surface area (Å²) < 4.78 is 18.5. The molecule has 1 heterocycles. The topological polar surface area (TPSA) is 66.8 Å². The lowest BCUT2D eigenvalue weighted by molar-refractivity contribution is -0.137. The van der Waals surface area contributed by atoms with Crippen LogP contribution < -0.4 is 4.74 Å². The third kappa shape index (κ3) is 3.96. The van der Waals surface area contributed by atoms with Crippen molar-refractivity contribution in [3.05, 3.63) is 29.6 Å². The van der Waals surface area contributed by atoms with Crippen molar-refractivity contribution in [2.24, 2.45) is 5.92 Å². The number of nitrogens with zero attached hydrogens (tertiary/aromatic N) is 1. The lowest BCUT2D eigenvalue weighted by atomic mass is 9.93. The van der Waals surface area contributed by atoms with Crippen LogP contribution in [0.25, 0.3) is 0 Å². The van der Waals surface area contributed by atoms with E-state index in [0.717, 1.165) is 12.8 Å². The van der Waals surface area contributed by atoms with Crippen molar-refractivity contribution < 1.29 is 23.8 Å². The maximum atomic E-state index is 13.4. The maximum Gasteiger partial charge on any atom is 0.303 e. The molecule has 1 aliphatic rings. The van der Waals surface area contributed by atoms with Gasteiger partial charge in [-0.25, -0.2) is 4.39 Å². The van der Waals surface area contributed by atoms with Crippen LogP contribution in [0.2, 0.25) is 0 Å². The second-order valence-electron chi connectivity index (χ2n) is 5.54. The average molecular weight is 309 g/mol. The van der Waals surface area contributed by atoms with E-state index in [2.05, 4.69) is 0 Å². The van der Waals surface area contributed by atoms with Crippen molar-refractivity contribution in [1.29, 1.82) is 0 Å². The highest BCUT2D eigenvalue weighted by molar-refractivity contribution is 5.97. The summed E-state index contributed by atoms with van der Waals surface area (Å²) in [4.78, 5) is 24.9. The van der Waals surface area contributed by atoms with Crippen molar-refractivity contribution in [3.63, 3.8) is 0 Å². The van der Waals surface area contributed by atoms with Crippen LogP contribution in [-0.2, 0) is 4.79 Å². The third-order valence-electron chi connectivity index (χ3n) is 3.96. The summed E-state index contributed by atoms with van der Waals surface area (Å²) in [5.74, 6) is -1.05. The van der Waals surface area contributed by atoms with Gasteiger partial charge in [0, 0.05) is 19.5 Å². The number of piperidine rings is 1. The van der Waals surface area contributed by atoms with E-state index in [1.165, 1.54) is 25.3 Å². The lowest BCUT2D eigenvalue weighted by Crippen LogP contribution is -2.40. The number of hydrogen-bond donors (Lipinski definition) is 1. The Labute approximate surface area is 128 Å². The Morgan fingerprint density at radius 3 is 2.91 bits per heavy atom. The molecule has 1 aromatic rings. The van der Waals surface area contributed by atoms with Crippen molar-refractivity contribution >= 4 is 11.9 Å². The number of carboxylic acid groups (broad SMARTS) is 1. The number of carbonyl (C=O) groups excluding carboxylic acids is 1. The Hall–Kier alpha value is -2.11. The summed E-state index contributed by atoms with van der Waals surface area (Å²) in [6, 6.07) is 3.87. The van der Waals surface area contributed by atoms with Crippen LogP contribution in [0.15, 0.2) is 18.2 Å². The molecule has 0 saturated carbocycles. The van der Waals surface area contributed by atoms with E-state index in [-0.39, 0.29) is 23.8 Å². The minimum absolute atomic E-state index is 0.107. The standard InChI is InChI=1S/C16H20FNO4/c1-22-14-6-5-12(17)9-13(14)16(21)18-8-2-3-11(10-18)4-7-15(19)20/h5-6,9,11H,2-4,7-8,10H2,1H3,(H,19,20). The molecule has 5 nitrogen and oxygen atoms in total. The van der Waals surface area contributed by atoms with Gasteiger partial charge >= 0.3 is 5.97 Å². The molecule has 0 aliphatic carbocycles. The van der Waals surface area contributed by atoms with Crippen LogP contribution in [0, 0.1) is 11.7 Å². The number of hydrogen-bond acceptors (Lipinski definition) is 3. The summed E-state index contributed by atoms with van der Waals surface area (Å²) in [7, 11) is 1.44. The Balaban J connectivity index is 2.08. The first-order chi connectivity index (χ1) is 10.5. The predicted molar refractivity (Wildman–Crippen MR) is 78.4 cm³/mol. The van der Waals surface area contributed by atoms with E-state index in [1.54, 1.807) is 4.90 Å². The molecule has 0 spiro atoms. The van der Waals surface area contributed by atoms with Crippen molar-refractivity contribution in [2.75, 3.05) is 20.2 Å². The summed E-state index contributed by atoms with van der Waals surface area (Å²) in [5, 5.41) is 8.76. The molecule has 1 fully saturated rings. The molecule has 1 aromatic carbocycles. The minimum Gasteiger partial charge on any atom is -0.496 e. The number of rotatable bonds is 5. The van der Waals surface area contributed by atoms with Gasteiger partial charge in [0.1, 0.15) is 11.6 Å². The van der Waals surface area contributed by atoms with Crippen LogP contribution >= 0.6 is 0 Å². The highest BCUT2D eigenvalue weighted by Crippen LogP contribution is 2.26. The Kier molecular flexibility index (Phi) is 5.35. The SMILES string of the molecule is COc1ccc(F)cc1C(=O)N1CCCC(CCC(=O)O)C1. The van der Waals surface area contributed by atoms with Crippen LogP contribution in [0.1, 0.15) is 36.0 Å². The number of methoxy groups -OCH3 is 1. The summed E-state index contributed by atoms with van der Waals surface area (Å²) in [5.41, 5.74) is 0.210. The molecule has 0 radical (unpaired) electrons. The first-order valence-electron chi connectivity index (χ1n) is 7.36. The number of carbonyl (C=O) groups is 2. The summed E-state index contributed by atoms with van der Waals surface area (Å²) in [6.07, 6.45) is 2.40. The van der Waals surface area contributed by atoms with Gasteiger partial charge in [0.15, 0.2) is 0 Å². The van der Waals surface area contributed by atoms with E-state index in [1.807, 2.05) is 0 Å². The van der Waals surface area contributed by atoms with Crippen LogP contribution in [0.4, 0.5) is 4.39 Å². The monoisotopic (exact) mass is 309 g/mol. The molecule has 0 aromatic heterocycles. The van der Waals surface area contributed by atoms with Crippen molar-refractivity contribution in [2.45, 2.75) is 25.7 Å². The first-order valence-corrected chi connectivity index (χ1v) is 7.36. The highest BCUT2D eigenvalue weighted by atomic mass is 19.1. The number of likely N-dealkylation sites (tertiary alicyclic amines) is 1. The predicted octanol–water partition coefficient (Wildman–Crippen LogP) is 2.55. The quantitative estimate of drug-likeness (QED) is 0.907. The normalized spacial score (nSPS) is 18.1. The molecule has 22 heavy (non-hydrogen) atoms. The smallest absolute Gasteiger partial charge is 0.303 e. The van der Waals surface area contributed by atoms with Gasteiger partial charge in [-0.1, -0.05) is 0 Å². The fourth-order valence-corrected chi connectivity index (χ4v) is 2.83. The van der Waals surface area contributed by atoms with E-state index >= 15 is 0 Å². The zero-order chi connectivity index (χ0) is 16.1. The summed E-state index contributed by atoms with van der Waals surface area (Å²) >= 11 is 0. The van der Waals surface area contributed by atoms with E-state index in [0.29, 0.717) is 25.3 Å². The molecule has 1 aliphatic heterocycles. The first kappa shape index (κ1) is 16.3. The molecule has 1 atom stereocenters. The Morgan fingerprint density at radius 2 is 2.23 bits per heavy atom. The van der Waals surface area contributed by atoms with Gasteiger partial charge in [-0.05, 0) is 43.4 Å². The minimum atomic E-state index is -0.824. The van der Waals surface area contributed by atoms with Gasteiger partial charge in [-0.3, -0.25) is 9.59 Å². The van der Waals surface area contributed by atoms with Crippen molar-refractivity contribution in [1.82, 2.24) is 4.90 Å². The van der Waals surface area contributed by atoms with Gasteiger partial charge in [-0.2, -0.15) is 0 Å². The number of carboxylic acids is 1. The summed E-state index contributed by atoms with van der Waals surface area (Å²) in [6.45, 7) is 1.11. The lowest BCUT2D eigenvalue weighted by Gasteiger charge is -2.33. The molecule has 6 heteroatoms. The van der Waals surface area contributed by atoms with Gasteiger partial charge in [-0.15, -0.1) is 0 Å². The Morgan fingerprint density at radius 1 is 1.45 bits per heavy atom. The molecule has 1 saturated heterocycles. The molecule has 1 N–H and O–H groups in total. The van der Waals surface area contributed by atoms with Crippen LogP contribution in [0.3, 0.4) is 0 Å². The number of ether oxygens (including phenoxy) is 1. The second kappa shape index (κ2) is 7.24.